The highest BCUT2D eigenvalue weighted by Crippen LogP contribution is 2.16. The standard InChI is InChI=1S/C13H20N4O/c1-10(2)7-12(18)16-11-8-14-13(15-9-11)17-5-3-4-6-17/h8-10H,3-7H2,1-2H3,(H,16,18). The first-order chi connectivity index (χ1) is 8.65. The van der Waals surface area contributed by atoms with Crippen LogP contribution in [-0.2, 0) is 4.79 Å². The van der Waals surface area contributed by atoms with Crippen molar-refractivity contribution in [1.82, 2.24) is 9.97 Å². The van der Waals surface area contributed by atoms with E-state index in [1.807, 2.05) is 13.8 Å². The molecule has 2 rings (SSSR count). The molecule has 0 aromatic carbocycles. The molecule has 1 saturated heterocycles. The Balaban J connectivity index is 1.93. The second-order valence-electron chi connectivity index (χ2n) is 5.11. The molecule has 0 radical (unpaired) electrons. The molecule has 2 heterocycles. The van der Waals surface area contributed by atoms with E-state index < -0.39 is 0 Å². The van der Waals surface area contributed by atoms with Gasteiger partial charge in [-0.1, -0.05) is 13.8 Å². The number of anilines is 2. The molecule has 1 aliphatic heterocycles. The Labute approximate surface area is 108 Å². The lowest BCUT2D eigenvalue weighted by Crippen LogP contribution is -2.20. The van der Waals surface area contributed by atoms with Crippen molar-refractivity contribution in [2.45, 2.75) is 33.1 Å². The molecular weight excluding hydrogens is 228 g/mol. The summed E-state index contributed by atoms with van der Waals surface area (Å²) in [7, 11) is 0. The zero-order valence-electron chi connectivity index (χ0n) is 11.0. The van der Waals surface area contributed by atoms with Crippen molar-refractivity contribution < 1.29 is 4.79 Å². The Bertz CT molecular complexity index is 396. The maximum absolute atomic E-state index is 11.6. The summed E-state index contributed by atoms with van der Waals surface area (Å²) in [5.41, 5.74) is 0.670. The molecule has 0 spiro atoms. The van der Waals surface area contributed by atoms with Crippen LogP contribution in [0.25, 0.3) is 0 Å². The zero-order chi connectivity index (χ0) is 13.0. The minimum atomic E-state index is 0.0162. The normalized spacial score (nSPS) is 15.2. The van der Waals surface area contributed by atoms with E-state index in [0.29, 0.717) is 18.0 Å². The summed E-state index contributed by atoms with van der Waals surface area (Å²) in [6.07, 6.45) is 6.29. The molecule has 0 saturated carbocycles. The Kier molecular flexibility index (Phi) is 4.12. The fraction of sp³-hybridized carbons (Fsp3) is 0.615. The largest absolute Gasteiger partial charge is 0.341 e. The van der Waals surface area contributed by atoms with Gasteiger partial charge in [-0.05, 0) is 18.8 Å². The highest BCUT2D eigenvalue weighted by atomic mass is 16.1. The van der Waals surface area contributed by atoms with Crippen LogP contribution < -0.4 is 10.2 Å². The van der Waals surface area contributed by atoms with Crippen molar-refractivity contribution in [1.29, 1.82) is 0 Å². The summed E-state index contributed by atoms with van der Waals surface area (Å²) in [4.78, 5) is 22.3. The first-order valence-corrected chi connectivity index (χ1v) is 6.52. The predicted octanol–water partition coefficient (Wildman–Crippen LogP) is 2.06. The quantitative estimate of drug-likeness (QED) is 0.886. The zero-order valence-corrected chi connectivity index (χ0v) is 11.0. The molecule has 0 aliphatic carbocycles. The second kappa shape index (κ2) is 5.80. The number of hydrogen-bond acceptors (Lipinski definition) is 4. The van der Waals surface area contributed by atoms with E-state index in [0.717, 1.165) is 19.0 Å². The molecule has 98 valence electrons. The van der Waals surface area contributed by atoms with Gasteiger partial charge in [-0.15, -0.1) is 0 Å². The lowest BCUT2D eigenvalue weighted by molar-refractivity contribution is -0.116. The third-order valence-electron chi connectivity index (χ3n) is 2.90. The minimum absolute atomic E-state index is 0.0162. The summed E-state index contributed by atoms with van der Waals surface area (Å²) in [6, 6.07) is 0. The van der Waals surface area contributed by atoms with Crippen molar-refractivity contribution >= 4 is 17.5 Å². The van der Waals surface area contributed by atoms with Crippen molar-refractivity contribution in [2.75, 3.05) is 23.3 Å². The molecule has 5 heteroatoms. The summed E-state index contributed by atoms with van der Waals surface area (Å²) in [5.74, 6) is 1.13. The Hall–Kier alpha value is -1.65. The van der Waals surface area contributed by atoms with Gasteiger partial charge in [0.2, 0.25) is 11.9 Å². The van der Waals surface area contributed by atoms with Gasteiger partial charge in [0.05, 0.1) is 18.1 Å². The minimum Gasteiger partial charge on any atom is -0.341 e. The molecule has 1 aliphatic rings. The third kappa shape index (κ3) is 3.42. The van der Waals surface area contributed by atoms with Crippen LogP contribution in [0, 0.1) is 5.92 Å². The van der Waals surface area contributed by atoms with E-state index in [9.17, 15) is 4.79 Å². The smallest absolute Gasteiger partial charge is 0.225 e. The van der Waals surface area contributed by atoms with Crippen LogP contribution in [0.1, 0.15) is 33.1 Å². The monoisotopic (exact) mass is 248 g/mol. The fourth-order valence-corrected chi connectivity index (χ4v) is 2.05. The topological polar surface area (TPSA) is 58.1 Å². The number of aromatic nitrogens is 2. The van der Waals surface area contributed by atoms with Crippen LogP contribution in [0.5, 0.6) is 0 Å². The van der Waals surface area contributed by atoms with E-state index in [2.05, 4.69) is 20.2 Å². The van der Waals surface area contributed by atoms with Crippen molar-refractivity contribution in [3.8, 4) is 0 Å². The van der Waals surface area contributed by atoms with Crippen LogP contribution in [0.15, 0.2) is 12.4 Å². The van der Waals surface area contributed by atoms with Crippen molar-refractivity contribution in [3.63, 3.8) is 0 Å². The van der Waals surface area contributed by atoms with Gasteiger partial charge in [0, 0.05) is 19.5 Å². The fourth-order valence-electron chi connectivity index (χ4n) is 2.05. The molecule has 0 unspecified atom stereocenters. The maximum Gasteiger partial charge on any atom is 0.225 e. The van der Waals surface area contributed by atoms with E-state index >= 15 is 0 Å². The highest BCUT2D eigenvalue weighted by Gasteiger charge is 2.14. The van der Waals surface area contributed by atoms with Gasteiger partial charge >= 0.3 is 0 Å². The lowest BCUT2D eigenvalue weighted by Gasteiger charge is -2.14. The Morgan fingerprint density at radius 3 is 2.50 bits per heavy atom. The summed E-state index contributed by atoms with van der Waals surface area (Å²) >= 11 is 0. The van der Waals surface area contributed by atoms with Crippen LogP contribution in [0.2, 0.25) is 0 Å². The van der Waals surface area contributed by atoms with E-state index in [4.69, 9.17) is 0 Å². The molecular formula is C13H20N4O. The van der Waals surface area contributed by atoms with Crippen LogP contribution in [0.4, 0.5) is 11.6 Å². The second-order valence-corrected chi connectivity index (χ2v) is 5.11. The first-order valence-electron chi connectivity index (χ1n) is 6.52. The number of rotatable bonds is 4. The molecule has 5 nitrogen and oxygen atoms in total. The molecule has 1 aromatic rings. The molecule has 1 amide bonds. The van der Waals surface area contributed by atoms with Gasteiger partial charge in [-0.25, -0.2) is 9.97 Å². The Morgan fingerprint density at radius 1 is 1.33 bits per heavy atom. The Morgan fingerprint density at radius 2 is 1.94 bits per heavy atom. The van der Waals surface area contributed by atoms with Gasteiger partial charge in [0.25, 0.3) is 0 Å². The lowest BCUT2D eigenvalue weighted by atomic mass is 10.1. The van der Waals surface area contributed by atoms with Crippen molar-refractivity contribution in [3.05, 3.63) is 12.4 Å². The first kappa shape index (κ1) is 12.8. The molecule has 0 bridgehead atoms. The summed E-state index contributed by atoms with van der Waals surface area (Å²) < 4.78 is 0. The van der Waals surface area contributed by atoms with Crippen LogP contribution in [0.3, 0.4) is 0 Å². The third-order valence-corrected chi connectivity index (χ3v) is 2.90. The molecule has 1 N–H and O–H groups in total. The van der Waals surface area contributed by atoms with Gasteiger partial charge in [0.1, 0.15) is 0 Å². The number of carbonyl (C=O) groups is 1. The van der Waals surface area contributed by atoms with E-state index in [1.54, 1.807) is 12.4 Å². The predicted molar refractivity (Wildman–Crippen MR) is 71.6 cm³/mol. The van der Waals surface area contributed by atoms with Gasteiger partial charge in [0.15, 0.2) is 0 Å². The number of carbonyl (C=O) groups excluding carboxylic acids is 1. The van der Waals surface area contributed by atoms with Crippen molar-refractivity contribution in [2.24, 2.45) is 5.92 Å². The molecule has 1 fully saturated rings. The van der Waals surface area contributed by atoms with E-state index in [1.165, 1.54) is 12.8 Å². The summed E-state index contributed by atoms with van der Waals surface area (Å²) in [6.45, 7) is 6.09. The summed E-state index contributed by atoms with van der Waals surface area (Å²) in [5, 5.41) is 2.81. The van der Waals surface area contributed by atoms with Gasteiger partial charge in [-0.3, -0.25) is 4.79 Å². The van der Waals surface area contributed by atoms with E-state index in [-0.39, 0.29) is 5.91 Å². The molecule has 18 heavy (non-hydrogen) atoms. The maximum atomic E-state index is 11.6. The SMILES string of the molecule is CC(C)CC(=O)Nc1cnc(N2CCCC2)nc1. The molecule has 0 atom stereocenters. The number of nitrogens with one attached hydrogen (secondary N) is 1. The van der Waals surface area contributed by atoms with Gasteiger partial charge < -0.3 is 10.2 Å². The average Bonchev–Trinajstić information content (AvgIpc) is 2.82. The number of amides is 1. The highest BCUT2D eigenvalue weighted by molar-refractivity contribution is 5.90. The number of hydrogen-bond donors (Lipinski definition) is 1. The number of nitrogens with zero attached hydrogens (tertiary/aromatic N) is 3. The average molecular weight is 248 g/mol. The van der Waals surface area contributed by atoms with Crippen LogP contribution >= 0.6 is 0 Å². The van der Waals surface area contributed by atoms with Crippen LogP contribution in [-0.4, -0.2) is 29.0 Å². The molecule has 1 aromatic heterocycles. The van der Waals surface area contributed by atoms with Gasteiger partial charge in [-0.2, -0.15) is 0 Å².